The lowest BCUT2D eigenvalue weighted by Gasteiger charge is -2.18. The fourth-order valence-corrected chi connectivity index (χ4v) is 2.87. The monoisotopic (exact) mass is 300 g/mol. The van der Waals surface area contributed by atoms with Crippen LogP contribution in [0.4, 0.5) is 0 Å². The molecule has 3 heteroatoms. The third-order valence-electron chi connectivity index (χ3n) is 3.84. The number of fused-ring (bicyclic) bond motifs is 1. The van der Waals surface area contributed by atoms with Gasteiger partial charge in [0.1, 0.15) is 11.5 Å². The molecule has 2 aromatic rings. The molecule has 0 bridgehead atoms. The molecule has 0 aromatic heterocycles. The first-order valence-electron chi connectivity index (χ1n) is 7.55. The average molecular weight is 300 g/mol. The second-order valence-electron chi connectivity index (χ2n) is 5.18. The van der Waals surface area contributed by atoms with Gasteiger partial charge in [0.15, 0.2) is 0 Å². The van der Waals surface area contributed by atoms with E-state index < -0.39 is 0 Å². The Hall–Kier alpha value is -2.00. The quantitative estimate of drug-likeness (QED) is 0.537. The van der Waals surface area contributed by atoms with Crippen molar-refractivity contribution < 1.29 is 14.2 Å². The van der Waals surface area contributed by atoms with Crippen LogP contribution in [0.15, 0.2) is 36.9 Å². The third-order valence-corrected chi connectivity index (χ3v) is 3.84. The van der Waals surface area contributed by atoms with Gasteiger partial charge in [-0.05, 0) is 25.3 Å². The molecule has 0 N–H and O–H groups in total. The van der Waals surface area contributed by atoms with Crippen LogP contribution < -0.4 is 9.47 Å². The molecule has 118 valence electrons. The first-order valence-corrected chi connectivity index (χ1v) is 7.55. The van der Waals surface area contributed by atoms with Gasteiger partial charge >= 0.3 is 0 Å². The van der Waals surface area contributed by atoms with Gasteiger partial charge in [-0.1, -0.05) is 30.3 Å². The Morgan fingerprint density at radius 3 is 2.27 bits per heavy atom. The van der Waals surface area contributed by atoms with Crippen molar-refractivity contribution in [1.29, 1.82) is 0 Å². The fourth-order valence-electron chi connectivity index (χ4n) is 2.87. The number of hydrogen-bond donors (Lipinski definition) is 0. The van der Waals surface area contributed by atoms with Crippen LogP contribution >= 0.6 is 0 Å². The molecule has 0 spiro atoms. The van der Waals surface area contributed by atoms with E-state index in [1.165, 1.54) is 5.56 Å². The van der Waals surface area contributed by atoms with E-state index in [-0.39, 0.29) is 0 Å². The van der Waals surface area contributed by atoms with Crippen LogP contribution in [0.25, 0.3) is 10.8 Å². The van der Waals surface area contributed by atoms with Gasteiger partial charge in [-0.2, -0.15) is 0 Å². The van der Waals surface area contributed by atoms with Crippen molar-refractivity contribution in [1.82, 2.24) is 0 Å². The van der Waals surface area contributed by atoms with Crippen LogP contribution in [0, 0.1) is 6.92 Å². The molecule has 0 unspecified atom stereocenters. The summed E-state index contributed by atoms with van der Waals surface area (Å²) in [6, 6.07) is 8.19. The van der Waals surface area contributed by atoms with Crippen molar-refractivity contribution in [2.75, 3.05) is 27.4 Å². The lowest BCUT2D eigenvalue weighted by Crippen LogP contribution is -2.03. The lowest BCUT2D eigenvalue weighted by molar-refractivity contribution is 0.159. The van der Waals surface area contributed by atoms with E-state index in [1.807, 2.05) is 12.1 Å². The van der Waals surface area contributed by atoms with Crippen molar-refractivity contribution in [2.45, 2.75) is 19.8 Å². The van der Waals surface area contributed by atoms with Gasteiger partial charge < -0.3 is 14.2 Å². The summed E-state index contributed by atoms with van der Waals surface area (Å²) in [5.74, 6) is 1.87. The zero-order valence-corrected chi connectivity index (χ0v) is 13.6. The number of methoxy groups -OCH3 is 2. The van der Waals surface area contributed by atoms with Gasteiger partial charge in [0.05, 0.1) is 20.8 Å². The van der Waals surface area contributed by atoms with E-state index in [0.29, 0.717) is 13.2 Å². The molecule has 0 aliphatic carbocycles. The second kappa shape index (κ2) is 7.85. The predicted molar refractivity (Wildman–Crippen MR) is 91.1 cm³/mol. The van der Waals surface area contributed by atoms with Gasteiger partial charge in [-0.15, -0.1) is 6.58 Å². The van der Waals surface area contributed by atoms with Gasteiger partial charge in [0.25, 0.3) is 0 Å². The van der Waals surface area contributed by atoms with Crippen molar-refractivity contribution in [3.8, 4) is 11.5 Å². The largest absolute Gasteiger partial charge is 0.496 e. The van der Waals surface area contributed by atoms with E-state index in [2.05, 4.69) is 25.6 Å². The zero-order chi connectivity index (χ0) is 15.9. The van der Waals surface area contributed by atoms with Crippen LogP contribution in [-0.4, -0.2) is 27.4 Å². The van der Waals surface area contributed by atoms with E-state index in [9.17, 15) is 0 Å². The standard InChI is InChI=1S/C19H24O3/c1-5-12-22-13-8-11-15-14(2)18(20-3)16-9-6-7-10-17(16)19(15)21-4/h5-7,9-10H,1,8,11-13H2,2-4H3. The summed E-state index contributed by atoms with van der Waals surface area (Å²) >= 11 is 0. The van der Waals surface area contributed by atoms with Gasteiger partial charge in [0, 0.05) is 22.9 Å². The minimum absolute atomic E-state index is 0.594. The Morgan fingerprint density at radius 1 is 1.05 bits per heavy atom. The van der Waals surface area contributed by atoms with Crippen LogP contribution in [0.2, 0.25) is 0 Å². The summed E-state index contributed by atoms with van der Waals surface area (Å²) < 4.78 is 16.8. The van der Waals surface area contributed by atoms with Crippen molar-refractivity contribution >= 4 is 10.8 Å². The number of benzene rings is 2. The minimum Gasteiger partial charge on any atom is -0.496 e. The molecule has 22 heavy (non-hydrogen) atoms. The molecule has 0 atom stereocenters. The molecule has 0 radical (unpaired) electrons. The molecule has 0 fully saturated rings. The van der Waals surface area contributed by atoms with Crippen LogP contribution in [-0.2, 0) is 11.2 Å². The third kappa shape index (κ3) is 3.25. The second-order valence-corrected chi connectivity index (χ2v) is 5.18. The van der Waals surface area contributed by atoms with Crippen molar-refractivity contribution in [3.05, 3.63) is 48.0 Å². The van der Waals surface area contributed by atoms with Gasteiger partial charge in [-0.3, -0.25) is 0 Å². The molecule has 0 saturated carbocycles. The van der Waals surface area contributed by atoms with E-state index in [1.54, 1.807) is 20.3 Å². The van der Waals surface area contributed by atoms with Gasteiger partial charge in [-0.25, -0.2) is 0 Å². The topological polar surface area (TPSA) is 27.7 Å². The first kappa shape index (κ1) is 16.4. The van der Waals surface area contributed by atoms with Gasteiger partial charge in [0.2, 0.25) is 0 Å². The molecule has 0 aliphatic heterocycles. The highest BCUT2D eigenvalue weighted by Crippen LogP contribution is 2.40. The van der Waals surface area contributed by atoms with Crippen LogP contribution in [0.5, 0.6) is 11.5 Å². The maximum absolute atomic E-state index is 5.70. The SMILES string of the molecule is C=CCOCCCc1c(C)c(OC)c2ccccc2c1OC. The highest BCUT2D eigenvalue weighted by Gasteiger charge is 2.17. The Labute approximate surface area is 132 Å². The summed E-state index contributed by atoms with van der Waals surface area (Å²) in [6.07, 6.45) is 3.60. The van der Waals surface area contributed by atoms with E-state index in [0.717, 1.165) is 40.7 Å². The van der Waals surface area contributed by atoms with E-state index >= 15 is 0 Å². The van der Waals surface area contributed by atoms with E-state index in [4.69, 9.17) is 14.2 Å². The highest BCUT2D eigenvalue weighted by molar-refractivity contribution is 5.96. The Bertz CT molecular complexity index is 647. The molecule has 0 heterocycles. The van der Waals surface area contributed by atoms with Crippen LogP contribution in [0.3, 0.4) is 0 Å². The summed E-state index contributed by atoms with van der Waals surface area (Å²) in [5.41, 5.74) is 2.34. The Morgan fingerprint density at radius 2 is 1.68 bits per heavy atom. The Kier molecular flexibility index (Phi) is 5.84. The molecular weight excluding hydrogens is 276 g/mol. The predicted octanol–water partition coefficient (Wildman–Crippen LogP) is 4.30. The summed E-state index contributed by atoms with van der Waals surface area (Å²) in [6.45, 7) is 7.05. The van der Waals surface area contributed by atoms with Crippen molar-refractivity contribution in [2.24, 2.45) is 0 Å². The smallest absolute Gasteiger partial charge is 0.130 e. The fraction of sp³-hybridized carbons (Fsp3) is 0.368. The summed E-state index contributed by atoms with van der Waals surface area (Å²) in [7, 11) is 3.45. The average Bonchev–Trinajstić information content (AvgIpc) is 2.55. The molecule has 3 nitrogen and oxygen atoms in total. The normalized spacial score (nSPS) is 10.7. The van der Waals surface area contributed by atoms with Crippen molar-refractivity contribution in [3.63, 3.8) is 0 Å². The zero-order valence-electron chi connectivity index (χ0n) is 13.6. The first-order chi connectivity index (χ1) is 10.7. The molecule has 0 amide bonds. The minimum atomic E-state index is 0.594. The lowest BCUT2D eigenvalue weighted by atomic mass is 9.95. The Balaban J connectivity index is 2.39. The molecule has 0 aliphatic rings. The molecule has 0 saturated heterocycles. The molecule has 2 aromatic carbocycles. The number of hydrogen-bond acceptors (Lipinski definition) is 3. The maximum atomic E-state index is 5.70. The summed E-state index contributed by atoms with van der Waals surface area (Å²) in [5, 5.41) is 2.18. The summed E-state index contributed by atoms with van der Waals surface area (Å²) in [4.78, 5) is 0. The highest BCUT2D eigenvalue weighted by atomic mass is 16.5. The van der Waals surface area contributed by atoms with Crippen LogP contribution in [0.1, 0.15) is 17.5 Å². The number of ether oxygens (including phenoxy) is 3. The molecular formula is C19H24O3. The molecule has 2 rings (SSSR count). The maximum Gasteiger partial charge on any atom is 0.130 e. The number of rotatable bonds is 8.